The molecule has 0 spiro atoms. The van der Waals surface area contributed by atoms with Gasteiger partial charge in [-0.2, -0.15) is 5.10 Å². The van der Waals surface area contributed by atoms with Crippen LogP contribution in [0.2, 0.25) is 0 Å². The summed E-state index contributed by atoms with van der Waals surface area (Å²) in [6.07, 6.45) is 9.93. The van der Waals surface area contributed by atoms with Gasteiger partial charge in [0, 0.05) is 42.2 Å². The summed E-state index contributed by atoms with van der Waals surface area (Å²) in [6, 6.07) is 11.1. The third-order valence-corrected chi connectivity index (χ3v) is 7.34. The molecule has 0 atom stereocenters. The summed E-state index contributed by atoms with van der Waals surface area (Å²) in [6.45, 7) is 6.00. The van der Waals surface area contributed by atoms with Crippen molar-refractivity contribution in [2.75, 3.05) is 4.90 Å². The highest BCUT2D eigenvalue weighted by Gasteiger charge is 2.34. The van der Waals surface area contributed by atoms with E-state index in [1.54, 1.807) is 15.6 Å². The molecule has 3 heterocycles. The van der Waals surface area contributed by atoms with E-state index in [0.717, 1.165) is 49.0 Å². The van der Waals surface area contributed by atoms with Crippen molar-refractivity contribution < 1.29 is 14.7 Å². The number of hydrogen-bond acceptors (Lipinski definition) is 5. The molecule has 1 N–H and O–H groups in total. The summed E-state index contributed by atoms with van der Waals surface area (Å²) >= 11 is 0. The lowest BCUT2D eigenvalue weighted by Crippen LogP contribution is -2.43. The second-order valence-electron chi connectivity index (χ2n) is 10.0. The van der Waals surface area contributed by atoms with Crippen LogP contribution in [-0.2, 0) is 4.79 Å². The van der Waals surface area contributed by atoms with Crippen LogP contribution in [0.4, 0.5) is 5.82 Å². The van der Waals surface area contributed by atoms with Gasteiger partial charge in [-0.15, -0.1) is 5.10 Å². The van der Waals surface area contributed by atoms with Crippen LogP contribution in [0.15, 0.2) is 55.0 Å². The predicted molar refractivity (Wildman–Crippen MR) is 141 cm³/mol. The van der Waals surface area contributed by atoms with Crippen molar-refractivity contribution in [2.45, 2.75) is 58.9 Å². The molecule has 0 unspecified atom stereocenters. The van der Waals surface area contributed by atoms with E-state index < -0.39 is 5.97 Å². The number of amides is 1. The van der Waals surface area contributed by atoms with Gasteiger partial charge in [0.25, 0.3) is 0 Å². The zero-order valence-electron chi connectivity index (χ0n) is 21.4. The zero-order chi connectivity index (χ0) is 26.1. The van der Waals surface area contributed by atoms with E-state index in [1.165, 1.54) is 10.9 Å². The van der Waals surface area contributed by atoms with Crippen LogP contribution in [0.1, 0.15) is 63.2 Å². The van der Waals surface area contributed by atoms with Gasteiger partial charge in [-0.05, 0) is 63.6 Å². The molecule has 1 aliphatic carbocycles. The highest BCUT2D eigenvalue weighted by Crippen LogP contribution is 2.34. The fraction of sp³-hybridized carbons (Fsp3) is 0.393. The number of carboxylic acid groups (broad SMARTS) is 1. The second kappa shape index (κ2) is 10.2. The molecule has 5 rings (SSSR count). The Morgan fingerprint density at radius 1 is 1.11 bits per heavy atom. The van der Waals surface area contributed by atoms with E-state index in [0.29, 0.717) is 11.6 Å². The average Bonchev–Trinajstić information content (AvgIpc) is 3.54. The zero-order valence-corrected chi connectivity index (χ0v) is 21.4. The lowest BCUT2D eigenvalue weighted by molar-refractivity contribution is -0.124. The molecule has 1 amide bonds. The lowest BCUT2D eigenvalue weighted by Gasteiger charge is -2.33. The molecule has 9 nitrogen and oxygen atoms in total. The largest absolute Gasteiger partial charge is 0.477 e. The monoisotopic (exact) mass is 500 g/mol. The molecule has 1 saturated carbocycles. The second-order valence-corrected chi connectivity index (χ2v) is 10.0. The molecular formula is C28H32N6O3. The number of hydrogen-bond donors (Lipinski definition) is 1. The number of anilines is 1. The molecule has 37 heavy (non-hydrogen) atoms. The molecule has 9 heteroatoms. The first kappa shape index (κ1) is 24.7. The molecule has 1 aliphatic rings. The molecule has 1 fully saturated rings. The maximum Gasteiger partial charge on any atom is 0.341 e. The Kier molecular flexibility index (Phi) is 6.78. The van der Waals surface area contributed by atoms with Crippen LogP contribution in [0.25, 0.3) is 22.6 Å². The summed E-state index contributed by atoms with van der Waals surface area (Å²) < 4.78 is 3.25. The van der Waals surface area contributed by atoms with Gasteiger partial charge in [0.2, 0.25) is 5.91 Å². The third kappa shape index (κ3) is 4.85. The van der Waals surface area contributed by atoms with Gasteiger partial charge in [0.15, 0.2) is 11.5 Å². The van der Waals surface area contributed by atoms with Gasteiger partial charge in [-0.1, -0.05) is 25.5 Å². The Bertz CT molecular complexity index is 1380. The number of fused-ring (bicyclic) bond motifs is 1. The van der Waals surface area contributed by atoms with Crippen LogP contribution in [0.5, 0.6) is 0 Å². The normalized spacial score (nSPS) is 17.8. The molecule has 0 aliphatic heterocycles. The Labute approximate surface area is 215 Å². The Hall–Kier alpha value is -4.01. The van der Waals surface area contributed by atoms with Crippen molar-refractivity contribution in [1.29, 1.82) is 0 Å². The number of aromatic carboxylic acids is 1. The molecule has 0 saturated heterocycles. The number of benzene rings is 1. The first-order valence-electron chi connectivity index (χ1n) is 12.9. The van der Waals surface area contributed by atoms with E-state index in [4.69, 9.17) is 0 Å². The van der Waals surface area contributed by atoms with Gasteiger partial charge >= 0.3 is 5.97 Å². The van der Waals surface area contributed by atoms with Crippen LogP contribution < -0.4 is 4.90 Å². The minimum Gasteiger partial charge on any atom is -0.477 e. The summed E-state index contributed by atoms with van der Waals surface area (Å²) in [5.74, 6) is -0.377. The number of carbonyl (C=O) groups is 2. The maximum atomic E-state index is 13.6. The Morgan fingerprint density at radius 2 is 1.84 bits per heavy atom. The first-order chi connectivity index (χ1) is 17.9. The fourth-order valence-electron chi connectivity index (χ4n) is 5.20. The minimum atomic E-state index is -1.11. The summed E-state index contributed by atoms with van der Waals surface area (Å²) in [5, 5.41) is 19.1. The molecule has 3 aromatic heterocycles. The summed E-state index contributed by atoms with van der Waals surface area (Å²) in [4.78, 5) is 31.7. The van der Waals surface area contributed by atoms with Crippen molar-refractivity contribution in [3.8, 4) is 16.9 Å². The van der Waals surface area contributed by atoms with E-state index in [1.807, 2.05) is 56.4 Å². The van der Waals surface area contributed by atoms with Crippen LogP contribution in [0, 0.1) is 11.8 Å². The van der Waals surface area contributed by atoms with Crippen molar-refractivity contribution >= 4 is 23.3 Å². The van der Waals surface area contributed by atoms with Gasteiger partial charge in [-0.3, -0.25) is 9.69 Å². The molecular weight excluding hydrogens is 468 g/mol. The molecule has 4 aromatic rings. The van der Waals surface area contributed by atoms with Crippen LogP contribution in [-0.4, -0.2) is 47.4 Å². The molecule has 0 radical (unpaired) electrons. The maximum absolute atomic E-state index is 13.6. The van der Waals surface area contributed by atoms with E-state index >= 15 is 0 Å². The highest BCUT2D eigenvalue weighted by molar-refractivity contribution is 6.01. The molecule has 192 valence electrons. The lowest BCUT2D eigenvalue weighted by atomic mass is 9.80. The summed E-state index contributed by atoms with van der Waals surface area (Å²) in [5.41, 5.74) is 3.15. The van der Waals surface area contributed by atoms with Crippen LogP contribution in [0.3, 0.4) is 0 Å². The average molecular weight is 501 g/mol. The van der Waals surface area contributed by atoms with E-state index in [2.05, 4.69) is 22.1 Å². The van der Waals surface area contributed by atoms with Gasteiger partial charge < -0.3 is 5.11 Å². The highest BCUT2D eigenvalue weighted by atomic mass is 16.4. The number of nitrogens with zero attached hydrogens (tertiary/aromatic N) is 6. The summed E-state index contributed by atoms with van der Waals surface area (Å²) in [7, 11) is 0. The molecule has 1 aromatic carbocycles. The van der Waals surface area contributed by atoms with Crippen LogP contribution >= 0.6 is 0 Å². The van der Waals surface area contributed by atoms with Gasteiger partial charge in [0.05, 0.1) is 11.4 Å². The SMILES string of the molecule is CC[C@H]1CC[C@H](C(=O)N(c2nn(-c3ccc(-c4cc5ncccn5n4)cc3)cc2C(=O)O)C(C)C)CC1. The smallest absolute Gasteiger partial charge is 0.341 e. The van der Waals surface area contributed by atoms with Crippen molar-refractivity contribution in [3.63, 3.8) is 0 Å². The standard InChI is InChI=1S/C28H32N6O3/c1-4-19-6-8-21(9-7-19)27(35)34(18(2)3)26-23(28(36)37)17-33(31-26)22-12-10-20(11-13-22)24-16-25-29-14-5-15-32(25)30-24/h5,10-19,21H,4,6-9H2,1-3H3,(H,36,37)/t19-,21-. The first-order valence-corrected chi connectivity index (χ1v) is 12.9. The van der Waals surface area contributed by atoms with Gasteiger partial charge in [0.1, 0.15) is 5.56 Å². The fourth-order valence-corrected chi connectivity index (χ4v) is 5.20. The van der Waals surface area contributed by atoms with Crippen molar-refractivity contribution in [1.82, 2.24) is 24.4 Å². The van der Waals surface area contributed by atoms with E-state index in [9.17, 15) is 14.7 Å². The quantitative estimate of drug-likeness (QED) is 0.372. The Balaban J connectivity index is 1.44. The minimum absolute atomic E-state index is 0.0137. The predicted octanol–water partition coefficient (Wildman–Crippen LogP) is 5.24. The van der Waals surface area contributed by atoms with Gasteiger partial charge in [-0.25, -0.2) is 19.0 Å². The Morgan fingerprint density at radius 3 is 2.46 bits per heavy atom. The van der Waals surface area contributed by atoms with Crippen molar-refractivity contribution in [2.24, 2.45) is 11.8 Å². The topological polar surface area (TPSA) is 106 Å². The number of rotatable bonds is 7. The third-order valence-electron chi connectivity index (χ3n) is 7.34. The van der Waals surface area contributed by atoms with E-state index in [-0.39, 0.29) is 29.2 Å². The van der Waals surface area contributed by atoms with Crippen molar-refractivity contribution in [3.05, 3.63) is 60.6 Å². The molecule has 0 bridgehead atoms. The number of aromatic nitrogens is 5. The number of carboxylic acids is 1. The number of carbonyl (C=O) groups excluding carboxylic acids is 1.